The van der Waals surface area contributed by atoms with Crippen LogP contribution in [-0.2, 0) is 4.79 Å². The van der Waals surface area contributed by atoms with Gasteiger partial charge in [0.1, 0.15) is 12.8 Å². The molecule has 0 unspecified atom stereocenters. The van der Waals surface area contributed by atoms with E-state index in [2.05, 4.69) is 9.73 Å². The third-order valence-corrected chi connectivity index (χ3v) is 2.96. The van der Waals surface area contributed by atoms with Crippen molar-refractivity contribution in [2.24, 2.45) is 0 Å². The van der Waals surface area contributed by atoms with E-state index in [1.807, 2.05) is 0 Å². The summed E-state index contributed by atoms with van der Waals surface area (Å²) in [4.78, 5) is 36.3. The first-order valence-electron chi connectivity index (χ1n) is 5.95. The Bertz CT molecular complexity index is 730. The van der Waals surface area contributed by atoms with Gasteiger partial charge in [0, 0.05) is 6.07 Å². The number of rotatable bonds is 1. The van der Waals surface area contributed by atoms with Crippen molar-refractivity contribution in [2.45, 2.75) is 0 Å². The third-order valence-electron chi connectivity index (χ3n) is 2.96. The Kier molecular flexibility index (Phi) is 2.83. The minimum atomic E-state index is -0.529. The second-order valence-corrected chi connectivity index (χ2v) is 4.30. The molecule has 2 aromatic rings. The second-order valence-electron chi connectivity index (χ2n) is 4.30. The number of nitrogens with one attached hydrogen (secondary N) is 1. The van der Waals surface area contributed by atoms with Crippen LogP contribution in [0.25, 0.3) is 0 Å². The van der Waals surface area contributed by atoms with Gasteiger partial charge in [0.25, 0.3) is 5.91 Å². The monoisotopic (exact) mass is 270 g/mol. The van der Waals surface area contributed by atoms with Crippen LogP contribution in [-0.4, -0.2) is 18.4 Å². The summed E-state index contributed by atoms with van der Waals surface area (Å²) in [6.07, 6.45) is 1.10. The predicted octanol–water partition coefficient (Wildman–Crippen LogP) is 1.24. The largest absolute Gasteiger partial charge is 0.430 e. The van der Waals surface area contributed by atoms with Gasteiger partial charge in [0.05, 0.1) is 16.9 Å². The van der Waals surface area contributed by atoms with Gasteiger partial charge in [-0.25, -0.2) is 4.79 Å². The highest BCUT2D eigenvalue weighted by molar-refractivity contribution is 6.14. The van der Waals surface area contributed by atoms with E-state index in [0.29, 0.717) is 11.4 Å². The Morgan fingerprint density at radius 3 is 2.70 bits per heavy atom. The Balaban J connectivity index is 2.01. The molecule has 0 aliphatic carbocycles. The molecule has 1 aliphatic rings. The zero-order chi connectivity index (χ0) is 14.1. The van der Waals surface area contributed by atoms with Crippen molar-refractivity contribution in [1.29, 1.82) is 0 Å². The average Bonchev–Trinajstić information content (AvgIpc) is 2.46. The highest BCUT2D eigenvalue weighted by Gasteiger charge is 2.27. The molecule has 1 aromatic heterocycles. The molecule has 1 aromatic carbocycles. The zero-order valence-electron chi connectivity index (χ0n) is 10.3. The summed E-state index contributed by atoms with van der Waals surface area (Å²) < 4.78 is 4.68. The van der Waals surface area contributed by atoms with E-state index in [4.69, 9.17) is 0 Å². The van der Waals surface area contributed by atoms with Gasteiger partial charge in [0.2, 0.25) is 5.91 Å². The van der Waals surface area contributed by atoms with Crippen LogP contribution in [0.15, 0.2) is 51.9 Å². The molecule has 1 aliphatic heterocycles. The smallest absolute Gasteiger partial charge is 0.335 e. The molecule has 2 heterocycles. The van der Waals surface area contributed by atoms with Crippen molar-refractivity contribution in [3.05, 3.63) is 58.6 Å². The van der Waals surface area contributed by atoms with E-state index in [-0.39, 0.29) is 18.0 Å². The van der Waals surface area contributed by atoms with Gasteiger partial charge in [0.15, 0.2) is 0 Å². The maximum absolute atomic E-state index is 12.4. The molecule has 3 rings (SSSR count). The quantitative estimate of drug-likeness (QED) is 0.845. The number of carbonyl (C=O) groups is 2. The number of para-hydroxylation sites is 2. The summed E-state index contributed by atoms with van der Waals surface area (Å²) in [7, 11) is 0. The van der Waals surface area contributed by atoms with Crippen LogP contribution in [0.1, 0.15) is 10.4 Å². The van der Waals surface area contributed by atoms with E-state index >= 15 is 0 Å². The van der Waals surface area contributed by atoms with Crippen molar-refractivity contribution in [1.82, 2.24) is 0 Å². The van der Waals surface area contributed by atoms with Crippen molar-refractivity contribution < 1.29 is 14.0 Å². The SMILES string of the molecule is O=C1CN(C(=O)c2ccc(=O)oc2)c2ccccc2N1. The van der Waals surface area contributed by atoms with Crippen molar-refractivity contribution >= 4 is 23.2 Å². The average molecular weight is 270 g/mol. The Morgan fingerprint density at radius 1 is 1.15 bits per heavy atom. The molecule has 20 heavy (non-hydrogen) atoms. The minimum Gasteiger partial charge on any atom is -0.430 e. The van der Waals surface area contributed by atoms with E-state index < -0.39 is 11.5 Å². The first-order chi connectivity index (χ1) is 9.65. The topological polar surface area (TPSA) is 79.6 Å². The van der Waals surface area contributed by atoms with Gasteiger partial charge < -0.3 is 9.73 Å². The minimum absolute atomic E-state index is 0.0744. The maximum atomic E-state index is 12.4. The molecular formula is C14H10N2O4. The molecule has 0 radical (unpaired) electrons. The Labute approximate surface area is 113 Å². The fourth-order valence-electron chi connectivity index (χ4n) is 2.05. The molecule has 2 amide bonds. The third kappa shape index (κ3) is 2.07. The van der Waals surface area contributed by atoms with Crippen molar-refractivity contribution in [3.63, 3.8) is 0 Å². The Morgan fingerprint density at radius 2 is 1.95 bits per heavy atom. The summed E-state index contributed by atoms with van der Waals surface area (Å²) >= 11 is 0. The highest BCUT2D eigenvalue weighted by atomic mass is 16.4. The molecule has 6 heteroatoms. The maximum Gasteiger partial charge on any atom is 0.335 e. The van der Waals surface area contributed by atoms with Crippen molar-refractivity contribution in [2.75, 3.05) is 16.8 Å². The lowest BCUT2D eigenvalue weighted by molar-refractivity contribution is -0.115. The summed E-state index contributed by atoms with van der Waals surface area (Å²) in [6, 6.07) is 9.56. The van der Waals surface area contributed by atoms with Crippen LogP contribution < -0.4 is 15.8 Å². The van der Waals surface area contributed by atoms with Crippen molar-refractivity contribution in [3.8, 4) is 0 Å². The fraction of sp³-hybridized carbons (Fsp3) is 0.0714. The number of hydrogen-bond donors (Lipinski definition) is 1. The van der Waals surface area contributed by atoms with Gasteiger partial charge in [-0.15, -0.1) is 0 Å². The van der Waals surface area contributed by atoms with Gasteiger partial charge in [-0.05, 0) is 18.2 Å². The lowest BCUT2D eigenvalue weighted by Gasteiger charge is -2.28. The number of nitrogens with zero attached hydrogens (tertiary/aromatic N) is 1. The predicted molar refractivity (Wildman–Crippen MR) is 71.7 cm³/mol. The molecule has 100 valence electrons. The van der Waals surface area contributed by atoms with Gasteiger partial charge in [-0.1, -0.05) is 12.1 Å². The molecule has 0 spiro atoms. The number of anilines is 2. The lowest BCUT2D eigenvalue weighted by atomic mass is 10.1. The lowest BCUT2D eigenvalue weighted by Crippen LogP contribution is -2.42. The zero-order valence-corrected chi connectivity index (χ0v) is 10.3. The molecular weight excluding hydrogens is 260 g/mol. The summed E-state index contributed by atoms with van der Waals surface area (Å²) in [6.45, 7) is -0.0744. The van der Waals surface area contributed by atoms with Crippen LogP contribution in [0.3, 0.4) is 0 Å². The summed E-state index contributed by atoms with van der Waals surface area (Å²) in [5, 5.41) is 2.70. The Hall–Kier alpha value is -2.89. The number of amides is 2. The van der Waals surface area contributed by atoms with E-state index in [1.54, 1.807) is 24.3 Å². The van der Waals surface area contributed by atoms with Crippen LogP contribution in [0.5, 0.6) is 0 Å². The van der Waals surface area contributed by atoms with Gasteiger partial charge in [-0.3, -0.25) is 14.5 Å². The normalized spacial score (nSPS) is 13.6. The first kappa shape index (κ1) is 12.2. The summed E-state index contributed by atoms with van der Waals surface area (Å²) in [5.74, 6) is -0.662. The number of carbonyl (C=O) groups excluding carboxylic acids is 2. The first-order valence-corrected chi connectivity index (χ1v) is 5.95. The molecule has 6 nitrogen and oxygen atoms in total. The van der Waals surface area contributed by atoms with Crippen LogP contribution in [0.2, 0.25) is 0 Å². The van der Waals surface area contributed by atoms with E-state index in [1.165, 1.54) is 17.0 Å². The van der Waals surface area contributed by atoms with Gasteiger partial charge >= 0.3 is 5.63 Å². The molecule has 1 N–H and O–H groups in total. The van der Waals surface area contributed by atoms with E-state index in [9.17, 15) is 14.4 Å². The van der Waals surface area contributed by atoms with Crippen LogP contribution >= 0.6 is 0 Å². The molecule has 0 bridgehead atoms. The highest BCUT2D eigenvalue weighted by Crippen LogP contribution is 2.29. The molecule has 0 saturated carbocycles. The summed E-state index contributed by atoms with van der Waals surface area (Å²) in [5.41, 5.74) is 0.880. The number of hydrogen-bond acceptors (Lipinski definition) is 4. The van der Waals surface area contributed by atoms with Crippen LogP contribution in [0, 0.1) is 0 Å². The fourth-order valence-corrected chi connectivity index (χ4v) is 2.05. The molecule has 0 saturated heterocycles. The molecule has 0 atom stereocenters. The van der Waals surface area contributed by atoms with Gasteiger partial charge in [-0.2, -0.15) is 0 Å². The second kappa shape index (κ2) is 4.65. The van der Waals surface area contributed by atoms with E-state index in [0.717, 1.165) is 6.26 Å². The number of fused-ring (bicyclic) bond motifs is 1. The number of benzene rings is 1. The van der Waals surface area contributed by atoms with Crippen LogP contribution in [0.4, 0.5) is 11.4 Å². The standard InChI is InChI=1S/C14H10N2O4/c17-12-7-16(11-4-2-1-3-10(11)15-12)14(19)9-5-6-13(18)20-8-9/h1-6,8H,7H2,(H,15,17). The molecule has 0 fully saturated rings.